The molecular formula is C29H31N. The Labute approximate surface area is 181 Å². The Morgan fingerprint density at radius 1 is 0.800 bits per heavy atom. The van der Waals surface area contributed by atoms with Crippen LogP contribution in [0.15, 0.2) is 79.0 Å². The maximum absolute atomic E-state index is 4.38. The van der Waals surface area contributed by atoms with Crippen molar-refractivity contribution in [3.63, 3.8) is 0 Å². The van der Waals surface area contributed by atoms with Crippen molar-refractivity contribution < 1.29 is 0 Å². The van der Waals surface area contributed by atoms with Gasteiger partial charge in [-0.1, -0.05) is 74.2 Å². The van der Waals surface area contributed by atoms with Crippen molar-refractivity contribution in [2.24, 2.45) is 0 Å². The Bertz CT molecular complexity index is 1130. The second kappa shape index (κ2) is 8.36. The van der Waals surface area contributed by atoms with Crippen LogP contribution in [0.4, 0.5) is 0 Å². The summed E-state index contributed by atoms with van der Waals surface area (Å²) in [7, 11) is 2.19. The Hall–Kier alpha value is -3.06. The summed E-state index contributed by atoms with van der Waals surface area (Å²) in [5.74, 6) is 0. The quantitative estimate of drug-likeness (QED) is 0.435. The molecule has 4 rings (SSSR count). The van der Waals surface area contributed by atoms with E-state index >= 15 is 0 Å². The summed E-state index contributed by atoms with van der Waals surface area (Å²) in [5, 5.41) is 0. The van der Waals surface area contributed by atoms with Gasteiger partial charge in [0.25, 0.3) is 0 Å². The van der Waals surface area contributed by atoms with Crippen molar-refractivity contribution in [2.75, 3.05) is 13.6 Å². The van der Waals surface area contributed by atoms with Gasteiger partial charge in [0.05, 0.1) is 0 Å². The summed E-state index contributed by atoms with van der Waals surface area (Å²) < 4.78 is 0. The van der Waals surface area contributed by atoms with Gasteiger partial charge in [0.1, 0.15) is 0 Å². The maximum atomic E-state index is 4.38. The summed E-state index contributed by atoms with van der Waals surface area (Å²) in [6.45, 7) is 12.1. The Morgan fingerprint density at radius 2 is 1.40 bits per heavy atom. The van der Waals surface area contributed by atoms with Crippen molar-refractivity contribution in [3.8, 4) is 22.3 Å². The molecular weight excluding hydrogens is 362 g/mol. The summed E-state index contributed by atoms with van der Waals surface area (Å²) in [6.07, 6.45) is 4.36. The Kier molecular flexibility index (Phi) is 5.63. The van der Waals surface area contributed by atoms with Gasteiger partial charge in [-0.25, -0.2) is 0 Å². The first-order valence-corrected chi connectivity index (χ1v) is 10.9. The van der Waals surface area contributed by atoms with Gasteiger partial charge in [0.2, 0.25) is 0 Å². The van der Waals surface area contributed by atoms with Crippen molar-refractivity contribution in [1.82, 2.24) is 4.90 Å². The molecule has 0 aliphatic heterocycles. The second-order valence-corrected chi connectivity index (χ2v) is 8.38. The molecule has 0 amide bonds. The van der Waals surface area contributed by atoms with Crippen molar-refractivity contribution in [1.29, 1.82) is 0 Å². The average molecular weight is 394 g/mol. The van der Waals surface area contributed by atoms with Crippen LogP contribution in [-0.4, -0.2) is 18.5 Å². The van der Waals surface area contributed by atoms with Crippen LogP contribution in [0.5, 0.6) is 0 Å². The molecule has 0 atom stereocenters. The molecule has 0 aromatic heterocycles. The molecule has 3 aromatic carbocycles. The van der Waals surface area contributed by atoms with E-state index in [1.807, 2.05) is 0 Å². The molecule has 3 aromatic rings. The Balaban J connectivity index is 1.84. The summed E-state index contributed by atoms with van der Waals surface area (Å²) >= 11 is 0. The molecule has 0 saturated heterocycles. The van der Waals surface area contributed by atoms with Crippen LogP contribution in [-0.2, 0) is 6.42 Å². The zero-order chi connectivity index (χ0) is 21.3. The third-order valence-electron chi connectivity index (χ3n) is 6.33. The highest BCUT2D eigenvalue weighted by atomic mass is 15.1. The minimum absolute atomic E-state index is 0.953. The highest BCUT2D eigenvalue weighted by Gasteiger charge is 2.21. The molecule has 1 aliphatic rings. The summed E-state index contributed by atoms with van der Waals surface area (Å²) in [4.78, 5) is 2.38. The molecule has 152 valence electrons. The van der Waals surface area contributed by atoms with Crippen molar-refractivity contribution in [2.45, 2.75) is 33.6 Å². The highest BCUT2D eigenvalue weighted by Crippen LogP contribution is 2.39. The van der Waals surface area contributed by atoms with Gasteiger partial charge in [-0.3, -0.25) is 0 Å². The highest BCUT2D eigenvalue weighted by molar-refractivity contribution is 5.86. The molecule has 1 nitrogen and oxygen atoms in total. The summed E-state index contributed by atoms with van der Waals surface area (Å²) in [5.41, 5.74) is 13.1. The average Bonchev–Trinajstić information content (AvgIpc) is 2.74. The monoisotopic (exact) mass is 393 g/mol. The topological polar surface area (TPSA) is 3.24 Å². The predicted octanol–water partition coefficient (Wildman–Crippen LogP) is 7.43. The molecule has 0 saturated carbocycles. The van der Waals surface area contributed by atoms with E-state index in [-0.39, 0.29) is 0 Å². The third-order valence-corrected chi connectivity index (χ3v) is 6.33. The van der Waals surface area contributed by atoms with Crippen LogP contribution in [0.1, 0.15) is 35.6 Å². The molecule has 0 fully saturated rings. The minimum Gasteiger partial charge on any atom is -0.378 e. The first-order chi connectivity index (χ1) is 14.5. The fraction of sp³-hybridized carbons (Fsp3) is 0.241. The number of benzene rings is 3. The molecule has 1 aliphatic carbocycles. The van der Waals surface area contributed by atoms with Gasteiger partial charge < -0.3 is 4.90 Å². The van der Waals surface area contributed by atoms with Gasteiger partial charge >= 0.3 is 0 Å². The van der Waals surface area contributed by atoms with Gasteiger partial charge in [-0.05, 0) is 76.4 Å². The number of fused-ring (bicyclic) bond motifs is 1. The Morgan fingerprint density at radius 3 is 2.10 bits per heavy atom. The first kappa shape index (κ1) is 20.2. The lowest BCUT2D eigenvalue weighted by Crippen LogP contribution is -2.22. The van der Waals surface area contributed by atoms with Crippen LogP contribution < -0.4 is 0 Å². The number of aryl methyl sites for hydroxylation is 1. The van der Waals surface area contributed by atoms with E-state index in [1.165, 1.54) is 50.2 Å². The van der Waals surface area contributed by atoms with Crippen LogP contribution in [0.3, 0.4) is 0 Å². The SMILES string of the molecule is C=C1C=C(N(C)CCC)Cc2c1cccc2-c1cccc(-c2ccccc2C)c1C. The maximum Gasteiger partial charge on any atom is 0.0181 e. The van der Waals surface area contributed by atoms with Gasteiger partial charge in [0.15, 0.2) is 0 Å². The zero-order valence-corrected chi connectivity index (χ0v) is 18.6. The largest absolute Gasteiger partial charge is 0.378 e. The fourth-order valence-electron chi connectivity index (χ4n) is 4.66. The van der Waals surface area contributed by atoms with E-state index < -0.39 is 0 Å². The molecule has 0 unspecified atom stereocenters. The smallest absolute Gasteiger partial charge is 0.0181 e. The molecule has 0 heterocycles. The number of hydrogen-bond acceptors (Lipinski definition) is 1. The standard InChI is InChI=1S/C29H31N/c1-6-17-30(5)23-18-21(3)25-13-9-16-28(29(25)19-23)27-15-10-14-26(22(27)4)24-12-8-7-11-20(24)2/h7-16,18H,3,6,17,19H2,1-2,4-5H3. The summed E-state index contributed by atoms with van der Waals surface area (Å²) in [6, 6.07) is 22.0. The lowest BCUT2D eigenvalue weighted by Gasteiger charge is -2.29. The van der Waals surface area contributed by atoms with Gasteiger partial charge in [-0.2, -0.15) is 0 Å². The molecule has 30 heavy (non-hydrogen) atoms. The van der Waals surface area contributed by atoms with Crippen LogP contribution in [0.25, 0.3) is 27.8 Å². The predicted molar refractivity (Wildman–Crippen MR) is 131 cm³/mol. The minimum atomic E-state index is 0.953. The van der Waals surface area contributed by atoms with Crippen LogP contribution in [0.2, 0.25) is 0 Å². The lowest BCUT2D eigenvalue weighted by atomic mass is 9.83. The molecule has 1 heteroatoms. The van der Waals surface area contributed by atoms with E-state index in [4.69, 9.17) is 0 Å². The van der Waals surface area contributed by atoms with Crippen molar-refractivity contribution >= 4 is 5.57 Å². The number of rotatable bonds is 5. The number of nitrogens with zero attached hydrogens (tertiary/aromatic N) is 1. The van der Waals surface area contributed by atoms with E-state index in [2.05, 4.69) is 106 Å². The van der Waals surface area contributed by atoms with E-state index in [9.17, 15) is 0 Å². The first-order valence-electron chi connectivity index (χ1n) is 10.9. The zero-order valence-electron chi connectivity index (χ0n) is 18.6. The number of likely N-dealkylation sites (N-methyl/N-ethyl adjacent to an activating group) is 1. The normalized spacial score (nSPS) is 13.1. The molecule has 0 spiro atoms. The van der Waals surface area contributed by atoms with E-state index in [1.54, 1.807) is 0 Å². The second-order valence-electron chi connectivity index (χ2n) is 8.38. The van der Waals surface area contributed by atoms with Crippen molar-refractivity contribution in [3.05, 3.63) is 101 Å². The number of allylic oxidation sites excluding steroid dienone is 3. The third kappa shape index (κ3) is 3.61. The van der Waals surface area contributed by atoms with Crippen LogP contribution in [0, 0.1) is 13.8 Å². The molecule has 0 bridgehead atoms. The molecule has 0 N–H and O–H groups in total. The fourth-order valence-corrected chi connectivity index (χ4v) is 4.66. The van der Waals surface area contributed by atoms with Crippen LogP contribution >= 0.6 is 0 Å². The van der Waals surface area contributed by atoms with Gasteiger partial charge in [-0.15, -0.1) is 0 Å². The number of hydrogen-bond donors (Lipinski definition) is 0. The lowest BCUT2D eigenvalue weighted by molar-refractivity contribution is 0.407. The van der Waals surface area contributed by atoms with Gasteiger partial charge in [0, 0.05) is 25.7 Å². The molecule has 0 radical (unpaired) electrons. The van der Waals surface area contributed by atoms with E-state index in [0.717, 1.165) is 25.0 Å². The van der Waals surface area contributed by atoms with E-state index in [0.29, 0.717) is 0 Å².